The molecule has 176 valence electrons. The molecule has 1 unspecified atom stereocenters. The molecule has 4 rings (SSSR count). The van der Waals surface area contributed by atoms with Gasteiger partial charge in [-0.25, -0.2) is 9.78 Å². The minimum Gasteiger partial charge on any atom is -0.456 e. The fourth-order valence-corrected chi connectivity index (χ4v) is 4.44. The second-order valence-electron chi connectivity index (χ2n) is 8.48. The van der Waals surface area contributed by atoms with E-state index in [1.807, 2.05) is 6.08 Å². The van der Waals surface area contributed by atoms with Crippen molar-refractivity contribution in [2.75, 3.05) is 6.61 Å². The highest BCUT2D eigenvalue weighted by atomic mass is 16.5. The number of cyclic esters (lactones) is 1. The Kier molecular flexibility index (Phi) is 7.08. The predicted octanol–water partition coefficient (Wildman–Crippen LogP) is 0.948. The van der Waals surface area contributed by atoms with Crippen LogP contribution in [0.2, 0.25) is 0 Å². The van der Waals surface area contributed by atoms with Gasteiger partial charge in [-0.15, -0.1) is 18.1 Å². The van der Waals surface area contributed by atoms with Crippen molar-refractivity contribution in [2.24, 2.45) is 5.41 Å². The van der Waals surface area contributed by atoms with Gasteiger partial charge in [0.15, 0.2) is 5.82 Å². The Morgan fingerprint density at radius 1 is 1.38 bits per heavy atom. The quantitative estimate of drug-likeness (QED) is 0.237. The number of amides is 1. The van der Waals surface area contributed by atoms with Gasteiger partial charge >= 0.3 is 5.97 Å². The maximum absolute atomic E-state index is 11.8. The van der Waals surface area contributed by atoms with Crippen LogP contribution < -0.4 is 5.32 Å². The minimum atomic E-state index is -0.477. The molecule has 2 aliphatic rings. The standard InChI is InChI=1S/C23H26N8O3/c1-3-19(30(16-32)20-9-22(33)34-14-20)10-23(4-2)7-5-17(6-8-23)24-11-18-12-26-21(13-25-18)31-15-27-28-29-31/h1,4,9,12-13,15-17,19,24H,2,5-8,10-11,14H2. The van der Waals surface area contributed by atoms with Gasteiger partial charge in [-0.1, -0.05) is 12.0 Å². The largest absolute Gasteiger partial charge is 0.456 e. The van der Waals surface area contributed by atoms with E-state index in [0.29, 0.717) is 36.9 Å². The van der Waals surface area contributed by atoms with Crippen LogP contribution in [0.5, 0.6) is 0 Å². The van der Waals surface area contributed by atoms with Crippen LogP contribution in [0.4, 0.5) is 0 Å². The zero-order chi connectivity index (χ0) is 24.0. The number of hydrogen-bond donors (Lipinski definition) is 1. The zero-order valence-corrected chi connectivity index (χ0v) is 18.7. The van der Waals surface area contributed by atoms with Crippen molar-refractivity contribution in [3.8, 4) is 18.2 Å². The monoisotopic (exact) mass is 462 g/mol. The summed E-state index contributed by atoms with van der Waals surface area (Å²) in [4.78, 5) is 33.4. The molecular formula is C23H26N8O3. The number of ether oxygens (including phenoxy) is 1. The van der Waals surface area contributed by atoms with Gasteiger partial charge in [0.1, 0.15) is 12.9 Å². The highest BCUT2D eigenvalue weighted by molar-refractivity contribution is 5.85. The second-order valence-corrected chi connectivity index (χ2v) is 8.48. The summed E-state index contributed by atoms with van der Waals surface area (Å²) in [6.45, 7) is 4.72. The van der Waals surface area contributed by atoms with Crippen molar-refractivity contribution in [2.45, 2.75) is 50.7 Å². The van der Waals surface area contributed by atoms with E-state index in [-0.39, 0.29) is 12.0 Å². The molecule has 1 saturated carbocycles. The number of rotatable bonds is 10. The number of esters is 1. The maximum Gasteiger partial charge on any atom is 0.333 e. The SMILES string of the molecule is C#CC(CC1(C=C)CCC(NCc2cnc(-n3cnnn3)cn2)CC1)N(C=O)C1=CC(=O)OC1. The van der Waals surface area contributed by atoms with Crippen molar-refractivity contribution in [3.63, 3.8) is 0 Å². The number of allylic oxidation sites excluding steroid dienone is 1. The maximum atomic E-state index is 11.8. The molecule has 0 bridgehead atoms. The molecule has 0 spiro atoms. The lowest BCUT2D eigenvalue weighted by Crippen LogP contribution is -2.41. The Bertz CT molecular complexity index is 1080. The summed E-state index contributed by atoms with van der Waals surface area (Å²) >= 11 is 0. The number of tetrazole rings is 1. The van der Waals surface area contributed by atoms with Crippen molar-refractivity contribution in [1.29, 1.82) is 0 Å². The summed E-state index contributed by atoms with van der Waals surface area (Å²) < 4.78 is 6.39. The molecule has 1 aliphatic carbocycles. The predicted molar refractivity (Wildman–Crippen MR) is 121 cm³/mol. The average Bonchev–Trinajstić information content (AvgIpc) is 3.56. The molecule has 3 heterocycles. The summed E-state index contributed by atoms with van der Waals surface area (Å²) in [5.74, 6) is 2.81. The van der Waals surface area contributed by atoms with Crippen LogP contribution in [-0.4, -0.2) is 66.1 Å². The van der Waals surface area contributed by atoms with E-state index in [1.54, 1.807) is 12.4 Å². The lowest BCUT2D eigenvalue weighted by molar-refractivity contribution is -0.135. The molecule has 2 aromatic heterocycles. The fourth-order valence-electron chi connectivity index (χ4n) is 4.44. The molecule has 34 heavy (non-hydrogen) atoms. The van der Waals surface area contributed by atoms with Crippen LogP contribution >= 0.6 is 0 Å². The Balaban J connectivity index is 1.31. The lowest BCUT2D eigenvalue weighted by atomic mass is 9.69. The fraction of sp³-hybridized carbons (Fsp3) is 0.435. The summed E-state index contributed by atoms with van der Waals surface area (Å²) in [6.07, 6.45) is 18.8. The Labute approximate surface area is 197 Å². The molecule has 0 radical (unpaired) electrons. The molecular weight excluding hydrogens is 436 g/mol. The third-order valence-corrected chi connectivity index (χ3v) is 6.48. The van der Waals surface area contributed by atoms with Crippen molar-refractivity contribution < 1.29 is 14.3 Å². The van der Waals surface area contributed by atoms with Gasteiger partial charge in [0.25, 0.3) is 0 Å². The van der Waals surface area contributed by atoms with Crippen LogP contribution in [0.15, 0.2) is 43.1 Å². The topological polar surface area (TPSA) is 128 Å². The van der Waals surface area contributed by atoms with Crippen molar-refractivity contribution in [3.05, 3.63) is 48.8 Å². The number of hydrogen-bond acceptors (Lipinski definition) is 9. The van der Waals surface area contributed by atoms with E-state index in [2.05, 4.69) is 43.3 Å². The Morgan fingerprint density at radius 3 is 2.76 bits per heavy atom. The zero-order valence-electron chi connectivity index (χ0n) is 18.7. The number of terminal acetylenes is 1. The minimum absolute atomic E-state index is 0.0580. The van der Waals surface area contributed by atoms with Crippen LogP contribution in [-0.2, 0) is 20.9 Å². The molecule has 1 atom stereocenters. The van der Waals surface area contributed by atoms with Crippen molar-refractivity contribution in [1.82, 2.24) is 40.4 Å². The first-order chi connectivity index (χ1) is 16.6. The highest BCUT2D eigenvalue weighted by Crippen LogP contribution is 2.42. The smallest absolute Gasteiger partial charge is 0.333 e. The van der Waals surface area contributed by atoms with Gasteiger partial charge < -0.3 is 15.0 Å². The molecule has 0 saturated heterocycles. The molecule has 1 aliphatic heterocycles. The van der Waals surface area contributed by atoms with E-state index in [0.717, 1.165) is 31.4 Å². The third kappa shape index (κ3) is 5.18. The van der Waals surface area contributed by atoms with Crippen molar-refractivity contribution >= 4 is 12.4 Å². The van der Waals surface area contributed by atoms with E-state index in [4.69, 9.17) is 11.2 Å². The van der Waals surface area contributed by atoms with E-state index >= 15 is 0 Å². The number of carbonyl (C=O) groups is 2. The van der Waals surface area contributed by atoms with Gasteiger partial charge in [-0.3, -0.25) is 9.78 Å². The summed E-state index contributed by atoms with van der Waals surface area (Å²) in [5.41, 5.74) is 1.13. The lowest BCUT2D eigenvalue weighted by Gasteiger charge is -2.41. The first-order valence-electron chi connectivity index (χ1n) is 11.0. The van der Waals surface area contributed by atoms with Crippen LogP contribution in [0.1, 0.15) is 37.8 Å². The highest BCUT2D eigenvalue weighted by Gasteiger charge is 2.37. The second kappa shape index (κ2) is 10.4. The van der Waals surface area contributed by atoms with Gasteiger partial charge in [0.2, 0.25) is 6.41 Å². The van der Waals surface area contributed by atoms with Gasteiger partial charge in [-0.05, 0) is 47.9 Å². The summed E-state index contributed by atoms with van der Waals surface area (Å²) in [7, 11) is 0. The van der Waals surface area contributed by atoms with Gasteiger partial charge in [0.05, 0.1) is 29.8 Å². The normalized spacial score (nSPS) is 22.9. The van der Waals surface area contributed by atoms with Crippen LogP contribution in [0.3, 0.4) is 0 Å². The van der Waals surface area contributed by atoms with E-state index in [9.17, 15) is 9.59 Å². The first kappa shape index (κ1) is 23.3. The first-order valence-corrected chi connectivity index (χ1v) is 11.0. The summed E-state index contributed by atoms with van der Waals surface area (Å²) in [5, 5.41) is 14.5. The molecule has 11 heteroatoms. The number of carbonyl (C=O) groups excluding carboxylic acids is 2. The molecule has 0 aromatic carbocycles. The molecule has 1 amide bonds. The molecule has 1 fully saturated rings. The Hall–Kier alpha value is -3.91. The Morgan fingerprint density at radius 2 is 2.21 bits per heavy atom. The van der Waals surface area contributed by atoms with Gasteiger partial charge in [0, 0.05) is 18.7 Å². The number of nitrogens with zero attached hydrogens (tertiary/aromatic N) is 7. The summed E-state index contributed by atoms with van der Waals surface area (Å²) in [6, 6.07) is -0.154. The van der Waals surface area contributed by atoms with Gasteiger partial charge in [-0.2, -0.15) is 4.68 Å². The molecule has 2 aromatic rings. The number of aromatic nitrogens is 6. The average molecular weight is 463 g/mol. The molecule has 11 nitrogen and oxygen atoms in total. The van der Waals surface area contributed by atoms with Crippen LogP contribution in [0, 0.1) is 17.8 Å². The van der Waals surface area contributed by atoms with E-state index < -0.39 is 12.0 Å². The third-order valence-electron chi connectivity index (χ3n) is 6.48. The molecule has 1 N–H and O–H groups in total. The van der Waals surface area contributed by atoms with Crippen LogP contribution in [0.25, 0.3) is 5.82 Å². The van der Waals surface area contributed by atoms with E-state index in [1.165, 1.54) is 22.0 Å². The number of nitrogens with one attached hydrogen (secondary N) is 1.